The average molecular weight is 206 g/mol. The van der Waals surface area contributed by atoms with Crippen molar-refractivity contribution in [2.75, 3.05) is 0 Å². The molecule has 1 rings (SSSR count). The molecule has 2 heteroatoms. The second-order valence-electron chi connectivity index (χ2n) is 4.17. The normalized spacial score (nSPS) is 12.8. The van der Waals surface area contributed by atoms with Gasteiger partial charge in [-0.1, -0.05) is 38.0 Å². The molecule has 0 saturated carbocycles. The van der Waals surface area contributed by atoms with E-state index in [4.69, 9.17) is 5.84 Å². The third-order valence-electron chi connectivity index (χ3n) is 2.94. The van der Waals surface area contributed by atoms with E-state index in [1.165, 1.54) is 29.5 Å². The molecule has 1 unspecified atom stereocenters. The first kappa shape index (κ1) is 12.2. The Morgan fingerprint density at radius 1 is 1.27 bits per heavy atom. The van der Waals surface area contributed by atoms with Crippen LogP contribution in [-0.4, -0.2) is 0 Å². The van der Waals surface area contributed by atoms with Crippen molar-refractivity contribution < 1.29 is 0 Å². The van der Waals surface area contributed by atoms with Crippen molar-refractivity contribution in [2.24, 2.45) is 5.84 Å². The van der Waals surface area contributed by atoms with Gasteiger partial charge in [-0.15, -0.1) is 0 Å². The Kier molecular flexibility index (Phi) is 4.79. The monoisotopic (exact) mass is 206 g/mol. The maximum Gasteiger partial charge on any atom is 0.0465 e. The Morgan fingerprint density at radius 3 is 2.33 bits per heavy atom. The molecule has 2 nitrogen and oxygen atoms in total. The van der Waals surface area contributed by atoms with E-state index in [1.807, 2.05) is 0 Å². The van der Waals surface area contributed by atoms with Gasteiger partial charge in [0.2, 0.25) is 0 Å². The molecule has 0 amide bonds. The molecule has 0 aliphatic heterocycles. The van der Waals surface area contributed by atoms with Gasteiger partial charge in [0, 0.05) is 6.04 Å². The van der Waals surface area contributed by atoms with Crippen molar-refractivity contribution in [3.05, 3.63) is 34.9 Å². The van der Waals surface area contributed by atoms with Crippen LogP contribution in [0.2, 0.25) is 0 Å². The zero-order chi connectivity index (χ0) is 11.3. The van der Waals surface area contributed by atoms with E-state index in [2.05, 4.69) is 44.4 Å². The largest absolute Gasteiger partial charge is 0.271 e. The quantitative estimate of drug-likeness (QED) is 0.574. The molecule has 0 heterocycles. The molecular weight excluding hydrogens is 184 g/mol. The van der Waals surface area contributed by atoms with E-state index in [0.717, 1.165) is 6.42 Å². The van der Waals surface area contributed by atoms with E-state index in [-0.39, 0.29) is 0 Å². The number of benzene rings is 1. The Balaban J connectivity index is 2.90. The molecule has 0 aliphatic rings. The third kappa shape index (κ3) is 3.05. The van der Waals surface area contributed by atoms with Gasteiger partial charge in [-0.05, 0) is 37.0 Å². The molecule has 0 fully saturated rings. The van der Waals surface area contributed by atoms with Crippen LogP contribution >= 0.6 is 0 Å². The highest BCUT2D eigenvalue weighted by atomic mass is 15.2. The van der Waals surface area contributed by atoms with Crippen molar-refractivity contribution in [3.63, 3.8) is 0 Å². The predicted molar refractivity (Wildman–Crippen MR) is 65.5 cm³/mol. The van der Waals surface area contributed by atoms with Crippen LogP contribution in [0.5, 0.6) is 0 Å². The average Bonchev–Trinajstić information content (AvgIpc) is 2.22. The fraction of sp³-hybridized carbons (Fsp3) is 0.538. The number of aryl methyl sites for hydroxylation is 2. The van der Waals surface area contributed by atoms with Gasteiger partial charge < -0.3 is 0 Å². The topological polar surface area (TPSA) is 38.0 Å². The van der Waals surface area contributed by atoms with Crippen molar-refractivity contribution in [3.8, 4) is 0 Å². The van der Waals surface area contributed by atoms with Crippen LogP contribution in [-0.2, 0) is 0 Å². The molecule has 0 aliphatic carbocycles. The number of hydrogen-bond donors (Lipinski definition) is 2. The molecule has 0 aromatic heterocycles. The Hall–Kier alpha value is -0.860. The third-order valence-corrected chi connectivity index (χ3v) is 2.94. The smallest absolute Gasteiger partial charge is 0.0465 e. The van der Waals surface area contributed by atoms with Crippen LogP contribution in [0.4, 0.5) is 0 Å². The van der Waals surface area contributed by atoms with Crippen molar-refractivity contribution in [1.82, 2.24) is 5.43 Å². The lowest BCUT2D eigenvalue weighted by molar-refractivity contribution is 0.491. The number of hydrogen-bond acceptors (Lipinski definition) is 2. The fourth-order valence-corrected chi connectivity index (χ4v) is 2.10. The van der Waals surface area contributed by atoms with Gasteiger partial charge in [-0.25, -0.2) is 0 Å². The molecule has 15 heavy (non-hydrogen) atoms. The zero-order valence-electron chi connectivity index (χ0n) is 10.0. The summed E-state index contributed by atoms with van der Waals surface area (Å²) in [5.41, 5.74) is 6.96. The molecular formula is C13H22N2. The first-order chi connectivity index (χ1) is 7.20. The SMILES string of the molecule is CCCCC(NN)c1c(C)cccc1C. The standard InChI is InChI=1S/C13H22N2/c1-4-5-9-12(15-14)13-10(2)7-6-8-11(13)3/h6-8,12,15H,4-5,9,14H2,1-3H3. The van der Waals surface area contributed by atoms with Crippen molar-refractivity contribution in [2.45, 2.75) is 46.1 Å². The van der Waals surface area contributed by atoms with Crippen LogP contribution in [0, 0.1) is 13.8 Å². The van der Waals surface area contributed by atoms with Crippen molar-refractivity contribution in [1.29, 1.82) is 0 Å². The molecule has 3 N–H and O–H groups in total. The molecule has 84 valence electrons. The first-order valence-electron chi connectivity index (χ1n) is 5.73. The summed E-state index contributed by atoms with van der Waals surface area (Å²) >= 11 is 0. The van der Waals surface area contributed by atoms with Crippen LogP contribution < -0.4 is 11.3 Å². The highest BCUT2D eigenvalue weighted by Crippen LogP contribution is 2.25. The Labute approximate surface area is 92.8 Å². The summed E-state index contributed by atoms with van der Waals surface area (Å²) in [5, 5.41) is 0. The lowest BCUT2D eigenvalue weighted by Gasteiger charge is -2.20. The predicted octanol–water partition coefficient (Wildman–Crippen LogP) is 3.00. The van der Waals surface area contributed by atoms with Gasteiger partial charge in [0.05, 0.1) is 0 Å². The van der Waals surface area contributed by atoms with E-state index < -0.39 is 0 Å². The molecule has 0 spiro atoms. The van der Waals surface area contributed by atoms with Gasteiger partial charge in [-0.2, -0.15) is 0 Å². The Bertz CT molecular complexity index is 287. The van der Waals surface area contributed by atoms with Crippen LogP contribution in [0.15, 0.2) is 18.2 Å². The van der Waals surface area contributed by atoms with E-state index in [1.54, 1.807) is 0 Å². The Morgan fingerprint density at radius 2 is 1.87 bits per heavy atom. The summed E-state index contributed by atoms with van der Waals surface area (Å²) in [6, 6.07) is 6.70. The highest BCUT2D eigenvalue weighted by molar-refractivity contribution is 5.36. The van der Waals surface area contributed by atoms with Crippen LogP contribution in [0.25, 0.3) is 0 Å². The molecule has 1 atom stereocenters. The van der Waals surface area contributed by atoms with E-state index >= 15 is 0 Å². The molecule has 1 aromatic carbocycles. The summed E-state index contributed by atoms with van der Waals surface area (Å²) in [6.45, 7) is 6.51. The lowest BCUT2D eigenvalue weighted by Crippen LogP contribution is -2.29. The van der Waals surface area contributed by atoms with Gasteiger partial charge in [-0.3, -0.25) is 11.3 Å². The van der Waals surface area contributed by atoms with E-state index in [0.29, 0.717) is 6.04 Å². The number of nitrogens with one attached hydrogen (secondary N) is 1. The molecule has 1 aromatic rings. The van der Waals surface area contributed by atoms with Gasteiger partial charge in [0.15, 0.2) is 0 Å². The van der Waals surface area contributed by atoms with Gasteiger partial charge in [0.25, 0.3) is 0 Å². The zero-order valence-corrected chi connectivity index (χ0v) is 10.0. The maximum absolute atomic E-state index is 5.63. The summed E-state index contributed by atoms with van der Waals surface area (Å²) in [7, 11) is 0. The van der Waals surface area contributed by atoms with E-state index in [9.17, 15) is 0 Å². The van der Waals surface area contributed by atoms with Gasteiger partial charge in [0.1, 0.15) is 0 Å². The van der Waals surface area contributed by atoms with Gasteiger partial charge >= 0.3 is 0 Å². The summed E-state index contributed by atoms with van der Waals surface area (Å²) in [6.07, 6.45) is 3.53. The van der Waals surface area contributed by atoms with Crippen LogP contribution in [0.1, 0.15) is 48.9 Å². The second-order valence-corrected chi connectivity index (χ2v) is 4.17. The molecule has 0 saturated heterocycles. The minimum Gasteiger partial charge on any atom is -0.271 e. The number of rotatable bonds is 5. The highest BCUT2D eigenvalue weighted by Gasteiger charge is 2.13. The minimum absolute atomic E-state index is 0.297. The number of unbranched alkanes of at least 4 members (excludes halogenated alkanes) is 1. The summed E-state index contributed by atoms with van der Waals surface area (Å²) in [4.78, 5) is 0. The number of nitrogens with two attached hydrogens (primary N) is 1. The molecule has 0 bridgehead atoms. The first-order valence-corrected chi connectivity index (χ1v) is 5.73. The molecule has 0 radical (unpaired) electrons. The van der Waals surface area contributed by atoms with Crippen LogP contribution in [0.3, 0.4) is 0 Å². The summed E-state index contributed by atoms with van der Waals surface area (Å²) in [5.74, 6) is 5.63. The minimum atomic E-state index is 0.297. The fourth-order valence-electron chi connectivity index (χ4n) is 2.10. The number of hydrazine groups is 1. The van der Waals surface area contributed by atoms with Crippen molar-refractivity contribution >= 4 is 0 Å². The summed E-state index contributed by atoms with van der Waals surface area (Å²) < 4.78 is 0. The maximum atomic E-state index is 5.63. The second kappa shape index (κ2) is 5.89. The lowest BCUT2D eigenvalue weighted by atomic mass is 9.93.